The fraction of sp³-hybridized carbons (Fsp3) is 0.143. The smallest absolute Gasteiger partial charge is 0.111 e. The van der Waals surface area contributed by atoms with Crippen molar-refractivity contribution in [1.29, 1.82) is 0 Å². The van der Waals surface area contributed by atoms with Crippen molar-refractivity contribution in [2.45, 2.75) is 6.17 Å². The maximum atomic E-state index is 3.00. The van der Waals surface area contributed by atoms with Gasteiger partial charge < -0.3 is 0 Å². The van der Waals surface area contributed by atoms with E-state index in [1.165, 1.54) is 5.56 Å². The van der Waals surface area contributed by atoms with Crippen LogP contribution in [0.3, 0.4) is 0 Å². The molecule has 0 unspecified atom stereocenters. The number of hydrogen-bond donors (Lipinski definition) is 4. The van der Waals surface area contributed by atoms with Gasteiger partial charge in [0.25, 0.3) is 0 Å². The number of hydrogen-bond acceptors (Lipinski definition) is 4. The monoisotopic (exact) mass is 150 g/mol. The van der Waals surface area contributed by atoms with E-state index in [1.807, 2.05) is 18.2 Å². The van der Waals surface area contributed by atoms with Crippen LogP contribution < -0.4 is 21.9 Å². The average molecular weight is 150 g/mol. The molecule has 0 amide bonds. The molecule has 0 aliphatic carbocycles. The van der Waals surface area contributed by atoms with E-state index in [9.17, 15) is 0 Å². The Hall–Kier alpha value is -0.940. The molecule has 1 aromatic rings. The quantitative estimate of drug-likeness (QED) is 0.448. The number of nitrogens with one attached hydrogen (secondary N) is 4. The van der Waals surface area contributed by atoms with E-state index in [1.54, 1.807) is 0 Å². The van der Waals surface area contributed by atoms with Crippen molar-refractivity contribution in [1.82, 2.24) is 21.9 Å². The zero-order valence-electron chi connectivity index (χ0n) is 5.96. The molecule has 11 heavy (non-hydrogen) atoms. The molecule has 58 valence electrons. The minimum atomic E-state index is 0.149. The van der Waals surface area contributed by atoms with Crippen LogP contribution in [0.5, 0.6) is 0 Å². The van der Waals surface area contributed by atoms with Crippen LogP contribution in [0.15, 0.2) is 30.3 Å². The zero-order valence-corrected chi connectivity index (χ0v) is 5.96. The van der Waals surface area contributed by atoms with E-state index in [-0.39, 0.29) is 6.17 Å². The Kier molecular flexibility index (Phi) is 1.83. The van der Waals surface area contributed by atoms with Crippen molar-refractivity contribution in [3.05, 3.63) is 35.9 Å². The van der Waals surface area contributed by atoms with Crippen LogP contribution in [0.4, 0.5) is 0 Å². The van der Waals surface area contributed by atoms with Gasteiger partial charge in [0.2, 0.25) is 0 Å². The first-order valence-electron chi connectivity index (χ1n) is 3.53. The highest BCUT2D eigenvalue weighted by Gasteiger charge is 2.12. The Morgan fingerprint density at radius 2 is 1.55 bits per heavy atom. The highest BCUT2D eigenvalue weighted by molar-refractivity contribution is 5.18. The molecular weight excluding hydrogens is 140 g/mol. The van der Waals surface area contributed by atoms with Gasteiger partial charge in [0.15, 0.2) is 0 Å². The van der Waals surface area contributed by atoms with Crippen molar-refractivity contribution in [2.24, 2.45) is 0 Å². The van der Waals surface area contributed by atoms with Gasteiger partial charge in [0.05, 0.1) is 0 Å². The second-order valence-electron chi connectivity index (χ2n) is 2.38. The molecule has 0 radical (unpaired) electrons. The van der Waals surface area contributed by atoms with E-state index >= 15 is 0 Å². The first-order chi connectivity index (χ1) is 5.47. The first-order valence-corrected chi connectivity index (χ1v) is 3.53. The van der Waals surface area contributed by atoms with Gasteiger partial charge >= 0.3 is 0 Å². The molecule has 1 aliphatic heterocycles. The maximum absolute atomic E-state index is 3.00. The molecule has 0 bridgehead atoms. The fourth-order valence-electron chi connectivity index (χ4n) is 1.06. The van der Waals surface area contributed by atoms with Gasteiger partial charge in [0.1, 0.15) is 6.17 Å². The van der Waals surface area contributed by atoms with E-state index in [0.29, 0.717) is 0 Å². The Morgan fingerprint density at radius 1 is 0.909 bits per heavy atom. The second kappa shape index (κ2) is 2.98. The Morgan fingerprint density at radius 3 is 2.18 bits per heavy atom. The molecule has 0 saturated carbocycles. The second-order valence-corrected chi connectivity index (χ2v) is 2.38. The van der Waals surface area contributed by atoms with Crippen LogP contribution in [0, 0.1) is 0 Å². The summed E-state index contributed by atoms with van der Waals surface area (Å²) in [5.74, 6) is 0. The van der Waals surface area contributed by atoms with E-state index in [2.05, 4.69) is 34.1 Å². The lowest BCUT2D eigenvalue weighted by Crippen LogP contribution is -2.33. The number of benzene rings is 1. The van der Waals surface area contributed by atoms with Crippen LogP contribution in [-0.4, -0.2) is 0 Å². The molecule has 1 fully saturated rings. The standard InChI is InChI=1S/C7H10N4/c1-2-4-6(5-3-1)7-8-10-11-9-7/h1-5,7-11H. The zero-order chi connectivity index (χ0) is 7.52. The summed E-state index contributed by atoms with van der Waals surface area (Å²) in [6, 6.07) is 10.1. The summed E-state index contributed by atoms with van der Waals surface area (Å²) < 4.78 is 0. The molecule has 0 aromatic heterocycles. The third-order valence-corrected chi connectivity index (χ3v) is 1.63. The summed E-state index contributed by atoms with van der Waals surface area (Å²) in [4.78, 5) is 0. The molecule has 0 atom stereocenters. The van der Waals surface area contributed by atoms with Gasteiger partial charge in [-0.15, -0.1) is 0 Å². The Bertz CT molecular complexity index is 217. The highest BCUT2D eigenvalue weighted by atomic mass is 15.8. The number of hydrazine groups is 3. The largest absolute Gasteiger partial charge is 0.221 e. The summed E-state index contributed by atoms with van der Waals surface area (Å²) in [6.07, 6.45) is 0.149. The van der Waals surface area contributed by atoms with E-state index < -0.39 is 0 Å². The predicted octanol–water partition coefficient (Wildman–Crippen LogP) is -0.198. The molecule has 1 saturated heterocycles. The van der Waals surface area contributed by atoms with Crippen molar-refractivity contribution < 1.29 is 0 Å². The van der Waals surface area contributed by atoms with E-state index in [4.69, 9.17) is 0 Å². The maximum Gasteiger partial charge on any atom is 0.111 e. The van der Waals surface area contributed by atoms with Gasteiger partial charge in [-0.1, -0.05) is 30.3 Å². The van der Waals surface area contributed by atoms with Crippen LogP contribution in [0.25, 0.3) is 0 Å². The molecule has 4 N–H and O–H groups in total. The Labute approximate surface area is 64.9 Å². The Balaban J connectivity index is 2.16. The highest BCUT2D eigenvalue weighted by Crippen LogP contribution is 2.08. The van der Waals surface area contributed by atoms with Gasteiger partial charge in [-0.05, 0) is 5.56 Å². The average Bonchev–Trinajstić information content (AvgIpc) is 2.58. The van der Waals surface area contributed by atoms with Crippen molar-refractivity contribution >= 4 is 0 Å². The first kappa shape index (κ1) is 6.75. The van der Waals surface area contributed by atoms with Gasteiger partial charge in [-0.25, -0.2) is 10.9 Å². The van der Waals surface area contributed by atoms with Crippen molar-refractivity contribution in [3.63, 3.8) is 0 Å². The summed E-state index contributed by atoms with van der Waals surface area (Å²) in [7, 11) is 0. The van der Waals surface area contributed by atoms with Crippen LogP contribution in [-0.2, 0) is 0 Å². The van der Waals surface area contributed by atoms with Crippen LogP contribution >= 0.6 is 0 Å². The lowest BCUT2D eigenvalue weighted by atomic mass is 10.2. The summed E-state index contributed by atoms with van der Waals surface area (Å²) in [5, 5.41) is 0. The molecule has 0 spiro atoms. The van der Waals surface area contributed by atoms with Gasteiger partial charge in [-0.2, -0.15) is 11.1 Å². The van der Waals surface area contributed by atoms with Crippen LogP contribution in [0.2, 0.25) is 0 Å². The van der Waals surface area contributed by atoms with Crippen LogP contribution in [0.1, 0.15) is 11.7 Å². The molecular formula is C7H10N4. The van der Waals surface area contributed by atoms with Crippen molar-refractivity contribution in [2.75, 3.05) is 0 Å². The normalized spacial score (nSPS) is 18.9. The number of rotatable bonds is 1. The molecule has 1 aliphatic rings. The SMILES string of the molecule is c1ccc(C2NNNN2)cc1. The third kappa shape index (κ3) is 1.38. The molecule has 1 aromatic carbocycles. The fourth-order valence-corrected chi connectivity index (χ4v) is 1.06. The topological polar surface area (TPSA) is 48.1 Å². The summed E-state index contributed by atoms with van der Waals surface area (Å²) in [6.45, 7) is 0. The molecule has 2 rings (SSSR count). The molecule has 1 heterocycles. The summed E-state index contributed by atoms with van der Waals surface area (Å²) >= 11 is 0. The minimum absolute atomic E-state index is 0.149. The van der Waals surface area contributed by atoms with Crippen molar-refractivity contribution in [3.8, 4) is 0 Å². The van der Waals surface area contributed by atoms with Gasteiger partial charge in [0, 0.05) is 0 Å². The van der Waals surface area contributed by atoms with E-state index in [0.717, 1.165) is 0 Å². The lowest BCUT2D eigenvalue weighted by Gasteiger charge is -2.07. The molecule has 4 nitrogen and oxygen atoms in total. The predicted molar refractivity (Wildman–Crippen MR) is 41.7 cm³/mol. The van der Waals surface area contributed by atoms with Gasteiger partial charge in [-0.3, -0.25) is 0 Å². The summed E-state index contributed by atoms with van der Waals surface area (Å²) in [5.41, 5.74) is 12.7. The third-order valence-electron chi connectivity index (χ3n) is 1.63. The minimum Gasteiger partial charge on any atom is -0.221 e. The lowest BCUT2D eigenvalue weighted by molar-refractivity contribution is 0.554. The molecule has 4 heteroatoms.